The van der Waals surface area contributed by atoms with Gasteiger partial charge >= 0.3 is 12.0 Å². The quantitative estimate of drug-likeness (QED) is 0.640. The molecule has 1 unspecified atom stereocenters. The molecular formula is C13H20N2O4S. The Morgan fingerprint density at radius 3 is 2.45 bits per heavy atom. The van der Waals surface area contributed by atoms with Crippen LogP contribution in [0.3, 0.4) is 0 Å². The van der Waals surface area contributed by atoms with Gasteiger partial charge in [-0.2, -0.15) is 0 Å². The van der Waals surface area contributed by atoms with E-state index in [1.807, 2.05) is 26.8 Å². The molecule has 0 fully saturated rings. The first-order valence-electron chi connectivity index (χ1n) is 6.32. The Hall–Kier alpha value is -1.60. The van der Waals surface area contributed by atoms with E-state index in [0.717, 1.165) is 15.3 Å². The van der Waals surface area contributed by atoms with Crippen LogP contribution < -0.4 is 10.6 Å². The lowest BCUT2D eigenvalue weighted by Crippen LogP contribution is -2.47. The van der Waals surface area contributed by atoms with Gasteiger partial charge in [-0.05, 0) is 32.4 Å². The van der Waals surface area contributed by atoms with Crippen LogP contribution in [0.5, 0.6) is 0 Å². The summed E-state index contributed by atoms with van der Waals surface area (Å²) < 4.78 is 0. The van der Waals surface area contributed by atoms with E-state index in [4.69, 9.17) is 10.2 Å². The van der Waals surface area contributed by atoms with E-state index < -0.39 is 18.0 Å². The maximum Gasteiger partial charge on any atom is 0.326 e. The van der Waals surface area contributed by atoms with Crippen LogP contribution in [0.2, 0.25) is 0 Å². The van der Waals surface area contributed by atoms with E-state index in [9.17, 15) is 9.59 Å². The summed E-state index contributed by atoms with van der Waals surface area (Å²) >= 11 is 1.65. The lowest BCUT2D eigenvalue weighted by Gasteiger charge is -2.18. The number of urea groups is 1. The van der Waals surface area contributed by atoms with E-state index in [0.29, 0.717) is 0 Å². The number of aryl methyl sites for hydroxylation is 2. The highest BCUT2D eigenvalue weighted by molar-refractivity contribution is 7.12. The molecule has 0 spiro atoms. The fourth-order valence-electron chi connectivity index (χ4n) is 1.94. The standard InChI is InChI=1S/C13H20N2O4S/c1-7-6-10(9(3)20-7)8(2)14-13(19)15-11(4-5-16)12(17)18/h6,8,11,16H,4-5H2,1-3H3,(H,17,18)(H2,14,15,19)/t8?,11-/m0/s1. The summed E-state index contributed by atoms with van der Waals surface area (Å²) in [6.07, 6.45) is -0.0201. The summed E-state index contributed by atoms with van der Waals surface area (Å²) in [5.41, 5.74) is 1.02. The molecule has 0 saturated carbocycles. The molecule has 0 radical (unpaired) electrons. The molecule has 112 valence electrons. The van der Waals surface area contributed by atoms with Gasteiger partial charge in [0, 0.05) is 22.8 Å². The van der Waals surface area contributed by atoms with Crippen LogP contribution in [-0.2, 0) is 4.79 Å². The first-order chi connectivity index (χ1) is 9.35. The number of hydrogen-bond acceptors (Lipinski definition) is 4. The number of carboxylic acids is 1. The second kappa shape index (κ2) is 7.25. The SMILES string of the molecule is Cc1cc(C(C)NC(=O)N[C@@H](CCO)C(=O)O)c(C)s1. The van der Waals surface area contributed by atoms with Gasteiger partial charge in [0.15, 0.2) is 0 Å². The minimum absolute atomic E-state index is 0.0201. The summed E-state index contributed by atoms with van der Waals surface area (Å²) in [7, 11) is 0. The van der Waals surface area contributed by atoms with Crippen molar-refractivity contribution in [3.05, 3.63) is 21.4 Å². The number of carbonyl (C=O) groups is 2. The van der Waals surface area contributed by atoms with E-state index in [1.165, 1.54) is 0 Å². The number of nitrogens with one attached hydrogen (secondary N) is 2. The van der Waals surface area contributed by atoms with E-state index in [-0.39, 0.29) is 19.1 Å². The topological polar surface area (TPSA) is 98.7 Å². The third-order valence-electron chi connectivity index (χ3n) is 2.91. The van der Waals surface area contributed by atoms with Crippen LogP contribution in [0.4, 0.5) is 4.79 Å². The van der Waals surface area contributed by atoms with Gasteiger partial charge in [-0.1, -0.05) is 0 Å². The lowest BCUT2D eigenvalue weighted by atomic mass is 10.1. The third-order valence-corrected chi connectivity index (χ3v) is 3.90. The van der Waals surface area contributed by atoms with Crippen LogP contribution in [-0.4, -0.2) is 34.9 Å². The maximum atomic E-state index is 11.8. The molecule has 6 nitrogen and oxygen atoms in total. The van der Waals surface area contributed by atoms with Gasteiger partial charge in [-0.25, -0.2) is 9.59 Å². The summed E-state index contributed by atoms with van der Waals surface area (Å²) in [4.78, 5) is 24.9. The predicted molar refractivity (Wildman–Crippen MR) is 77.0 cm³/mol. The molecule has 1 aromatic heterocycles. The van der Waals surface area contributed by atoms with Crippen molar-refractivity contribution >= 4 is 23.3 Å². The molecule has 1 aromatic rings. The molecule has 0 aliphatic heterocycles. The van der Waals surface area contributed by atoms with Gasteiger partial charge in [0.1, 0.15) is 6.04 Å². The predicted octanol–water partition coefficient (Wildman–Crippen LogP) is 1.56. The Morgan fingerprint density at radius 1 is 1.35 bits per heavy atom. The van der Waals surface area contributed by atoms with Gasteiger partial charge in [0.2, 0.25) is 0 Å². The number of amides is 2. The zero-order valence-corrected chi connectivity index (χ0v) is 12.6. The van der Waals surface area contributed by atoms with Crippen LogP contribution in [0, 0.1) is 13.8 Å². The number of aliphatic hydroxyl groups is 1. The Bertz CT molecular complexity index is 487. The summed E-state index contributed by atoms with van der Waals surface area (Å²) in [6, 6.07) is 0.163. The van der Waals surface area contributed by atoms with Gasteiger partial charge < -0.3 is 20.8 Å². The highest BCUT2D eigenvalue weighted by atomic mass is 32.1. The Morgan fingerprint density at radius 2 is 2.00 bits per heavy atom. The molecule has 0 bridgehead atoms. The Labute approximate surface area is 121 Å². The Balaban J connectivity index is 2.61. The summed E-state index contributed by atoms with van der Waals surface area (Å²) in [6.45, 7) is 5.52. The van der Waals surface area contributed by atoms with Gasteiger partial charge in [0.25, 0.3) is 0 Å². The minimum Gasteiger partial charge on any atom is -0.480 e. The largest absolute Gasteiger partial charge is 0.480 e. The molecule has 0 aromatic carbocycles. The number of aliphatic hydroxyl groups excluding tert-OH is 1. The Kier molecular flexibility index (Phi) is 5.97. The van der Waals surface area contributed by atoms with Crippen molar-refractivity contribution in [3.8, 4) is 0 Å². The molecule has 20 heavy (non-hydrogen) atoms. The van der Waals surface area contributed by atoms with Crippen molar-refractivity contribution in [1.82, 2.24) is 10.6 Å². The third kappa shape index (κ3) is 4.50. The molecule has 4 N–H and O–H groups in total. The van der Waals surface area contributed by atoms with Crippen molar-refractivity contribution in [2.75, 3.05) is 6.61 Å². The average molecular weight is 300 g/mol. The fraction of sp³-hybridized carbons (Fsp3) is 0.538. The smallest absolute Gasteiger partial charge is 0.326 e. The van der Waals surface area contributed by atoms with Gasteiger partial charge in [0.05, 0.1) is 6.04 Å². The zero-order valence-electron chi connectivity index (χ0n) is 11.8. The van der Waals surface area contributed by atoms with Crippen LogP contribution in [0.25, 0.3) is 0 Å². The summed E-state index contributed by atoms with van der Waals surface area (Å²) in [5, 5.41) is 22.7. The molecule has 7 heteroatoms. The molecular weight excluding hydrogens is 280 g/mol. The molecule has 0 aliphatic rings. The number of thiophene rings is 1. The monoisotopic (exact) mass is 300 g/mol. The van der Waals surface area contributed by atoms with Crippen molar-refractivity contribution < 1.29 is 19.8 Å². The molecule has 0 aliphatic carbocycles. The average Bonchev–Trinajstić information content (AvgIpc) is 2.67. The molecule has 1 rings (SSSR count). The normalized spacial score (nSPS) is 13.6. The molecule has 1 heterocycles. The number of carbonyl (C=O) groups excluding carboxylic acids is 1. The van der Waals surface area contributed by atoms with Gasteiger partial charge in [-0.3, -0.25) is 0 Å². The van der Waals surface area contributed by atoms with Crippen molar-refractivity contribution in [2.24, 2.45) is 0 Å². The second-order valence-corrected chi connectivity index (χ2v) is 6.07. The maximum absolute atomic E-state index is 11.8. The number of rotatable bonds is 6. The first-order valence-corrected chi connectivity index (χ1v) is 7.14. The molecule has 2 atom stereocenters. The van der Waals surface area contributed by atoms with E-state index >= 15 is 0 Å². The highest BCUT2D eigenvalue weighted by Gasteiger charge is 2.21. The fourth-order valence-corrected chi connectivity index (χ4v) is 2.96. The van der Waals surface area contributed by atoms with Crippen molar-refractivity contribution in [3.63, 3.8) is 0 Å². The first kappa shape index (κ1) is 16.5. The number of aliphatic carboxylic acids is 1. The van der Waals surface area contributed by atoms with Gasteiger partial charge in [-0.15, -0.1) is 11.3 Å². The zero-order chi connectivity index (χ0) is 15.3. The highest BCUT2D eigenvalue weighted by Crippen LogP contribution is 2.25. The van der Waals surface area contributed by atoms with Crippen LogP contribution in [0.15, 0.2) is 6.07 Å². The summed E-state index contributed by atoms with van der Waals surface area (Å²) in [5.74, 6) is -1.16. The number of carboxylic acid groups (broad SMARTS) is 1. The van der Waals surface area contributed by atoms with Crippen LogP contribution in [0.1, 0.15) is 34.7 Å². The molecule has 0 saturated heterocycles. The van der Waals surface area contributed by atoms with E-state index in [1.54, 1.807) is 11.3 Å². The number of hydrogen-bond donors (Lipinski definition) is 4. The minimum atomic E-state index is -1.16. The second-order valence-electron chi connectivity index (χ2n) is 4.61. The van der Waals surface area contributed by atoms with E-state index in [2.05, 4.69) is 10.6 Å². The van der Waals surface area contributed by atoms with Crippen LogP contribution >= 0.6 is 11.3 Å². The van der Waals surface area contributed by atoms with Crippen molar-refractivity contribution in [2.45, 2.75) is 39.3 Å². The lowest BCUT2D eigenvalue weighted by molar-refractivity contribution is -0.139. The molecule has 2 amide bonds. The van der Waals surface area contributed by atoms with Crippen molar-refractivity contribution in [1.29, 1.82) is 0 Å².